The molecule has 0 spiro atoms. The van der Waals surface area contributed by atoms with Gasteiger partial charge < -0.3 is 20.5 Å². The maximum Gasteiger partial charge on any atom is 0.322 e. The first kappa shape index (κ1) is 26.2. The second kappa shape index (κ2) is 12.9. The molecule has 2 aromatic rings. The number of carboxylic acids is 1. The van der Waals surface area contributed by atoms with Gasteiger partial charge in [0, 0.05) is 43.4 Å². The van der Waals surface area contributed by atoms with Crippen LogP contribution in [-0.2, 0) is 21.4 Å². The van der Waals surface area contributed by atoms with E-state index in [1.807, 2.05) is 31.3 Å². The third kappa shape index (κ3) is 7.81. The summed E-state index contributed by atoms with van der Waals surface area (Å²) in [6, 6.07) is 7.54. The Balaban J connectivity index is 1.56. The van der Waals surface area contributed by atoms with Crippen LogP contribution in [0.15, 0.2) is 30.5 Å². The van der Waals surface area contributed by atoms with E-state index in [1.54, 1.807) is 10.9 Å². The topological polar surface area (TPSA) is 126 Å². The van der Waals surface area contributed by atoms with E-state index in [4.69, 9.17) is 9.84 Å². The lowest BCUT2D eigenvalue weighted by Crippen LogP contribution is -2.42. The zero-order chi connectivity index (χ0) is 25.2. The number of amides is 2. The van der Waals surface area contributed by atoms with Crippen molar-refractivity contribution < 1.29 is 24.2 Å². The Bertz CT molecular complexity index is 1010. The third-order valence-electron chi connectivity index (χ3n) is 6.15. The van der Waals surface area contributed by atoms with Crippen molar-refractivity contribution in [3.8, 4) is 17.0 Å². The summed E-state index contributed by atoms with van der Waals surface area (Å²) in [5.41, 5.74) is 2.46. The van der Waals surface area contributed by atoms with Crippen LogP contribution in [0.4, 0.5) is 5.69 Å². The monoisotopic (exact) mass is 485 g/mol. The number of benzene rings is 1. The standard InChI is InChI=1S/C25H35N5O5/c1-3-4-5-23(31)28-19-6-7-22(20(16-19)21-8-11-27-29(21)2)35-15-14-30-12-9-18(10-13-30)25(34)26-17-24(32)33/h6-8,11,16,18H,3-5,9-10,12-15,17H2,1-2H3,(H,26,34)(H,28,31)(H,32,33). The van der Waals surface area contributed by atoms with Gasteiger partial charge in [-0.1, -0.05) is 13.3 Å². The van der Waals surface area contributed by atoms with Gasteiger partial charge in [-0.05, 0) is 56.6 Å². The van der Waals surface area contributed by atoms with Gasteiger partial charge in [-0.25, -0.2) is 0 Å². The molecule has 0 radical (unpaired) electrons. The van der Waals surface area contributed by atoms with Crippen LogP contribution in [0, 0.1) is 5.92 Å². The van der Waals surface area contributed by atoms with Crippen LogP contribution in [0.2, 0.25) is 0 Å². The Morgan fingerprint density at radius 2 is 1.97 bits per heavy atom. The Labute approximate surface area is 205 Å². The molecule has 3 rings (SSSR count). The molecule has 0 unspecified atom stereocenters. The second-order valence-electron chi connectivity index (χ2n) is 8.78. The number of nitrogens with one attached hydrogen (secondary N) is 2. The highest BCUT2D eigenvalue weighted by Crippen LogP contribution is 2.32. The van der Waals surface area contributed by atoms with E-state index in [-0.39, 0.29) is 24.3 Å². The van der Waals surface area contributed by atoms with E-state index in [2.05, 4.69) is 27.6 Å². The number of rotatable bonds is 12. The zero-order valence-corrected chi connectivity index (χ0v) is 20.5. The number of ether oxygens (including phenoxy) is 1. The molecule has 0 aliphatic carbocycles. The Kier molecular flexibility index (Phi) is 9.66. The predicted molar refractivity (Wildman–Crippen MR) is 132 cm³/mol. The summed E-state index contributed by atoms with van der Waals surface area (Å²) >= 11 is 0. The van der Waals surface area contributed by atoms with Crippen LogP contribution < -0.4 is 15.4 Å². The van der Waals surface area contributed by atoms with Crippen LogP contribution in [0.1, 0.15) is 39.0 Å². The lowest BCUT2D eigenvalue weighted by molar-refractivity contribution is -0.138. The van der Waals surface area contributed by atoms with Crippen molar-refractivity contribution in [1.82, 2.24) is 20.0 Å². The van der Waals surface area contributed by atoms with Gasteiger partial charge in [-0.2, -0.15) is 5.10 Å². The van der Waals surface area contributed by atoms with Crippen molar-refractivity contribution in [3.05, 3.63) is 30.5 Å². The lowest BCUT2D eigenvalue weighted by atomic mass is 9.96. The minimum absolute atomic E-state index is 0.00322. The van der Waals surface area contributed by atoms with E-state index in [0.29, 0.717) is 38.2 Å². The SMILES string of the molecule is CCCCC(=O)Nc1ccc(OCCN2CCC(C(=O)NCC(=O)O)CC2)c(-c2ccnn2C)c1. The van der Waals surface area contributed by atoms with Gasteiger partial charge in [-0.15, -0.1) is 0 Å². The average molecular weight is 486 g/mol. The first-order valence-corrected chi connectivity index (χ1v) is 12.1. The van der Waals surface area contributed by atoms with Gasteiger partial charge in [0.05, 0.1) is 5.69 Å². The normalized spacial score (nSPS) is 14.5. The largest absolute Gasteiger partial charge is 0.492 e. The number of aliphatic carboxylic acids is 1. The predicted octanol–water partition coefficient (Wildman–Crippen LogP) is 2.51. The maximum absolute atomic E-state index is 12.2. The molecule has 2 heterocycles. The number of carbonyl (C=O) groups excluding carboxylic acids is 2. The molecule has 1 aromatic carbocycles. The van der Waals surface area contributed by atoms with Crippen LogP contribution in [-0.4, -0.2) is 70.4 Å². The fraction of sp³-hybridized carbons (Fsp3) is 0.520. The number of anilines is 1. The van der Waals surface area contributed by atoms with Crippen molar-refractivity contribution in [2.75, 3.05) is 38.1 Å². The Morgan fingerprint density at radius 1 is 1.20 bits per heavy atom. The highest BCUT2D eigenvalue weighted by atomic mass is 16.5. The van der Waals surface area contributed by atoms with Gasteiger partial charge in [0.2, 0.25) is 11.8 Å². The number of carboxylic acid groups (broad SMARTS) is 1. The van der Waals surface area contributed by atoms with E-state index >= 15 is 0 Å². The molecule has 0 bridgehead atoms. The molecule has 1 aliphatic rings. The zero-order valence-electron chi connectivity index (χ0n) is 20.5. The van der Waals surface area contributed by atoms with Crippen LogP contribution in [0.3, 0.4) is 0 Å². The van der Waals surface area contributed by atoms with Crippen LogP contribution >= 0.6 is 0 Å². The minimum Gasteiger partial charge on any atom is -0.492 e. The summed E-state index contributed by atoms with van der Waals surface area (Å²) in [5.74, 6) is -0.668. The van der Waals surface area contributed by atoms with Gasteiger partial charge >= 0.3 is 5.97 Å². The molecule has 3 N–H and O–H groups in total. The molecule has 35 heavy (non-hydrogen) atoms. The van der Waals surface area contributed by atoms with Gasteiger partial charge in [0.25, 0.3) is 0 Å². The molecule has 1 aromatic heterocycles. The van der Waals surface area contributed by atoms with Gasteiger partial charge in [-0.3, -0.25) is 24.0 Å². The summed E-state index contributed by atoms with van der Waals surface area (Å²) in [6.07, 6.45) is 5.42. The molecule has 10 heteroatoms. The molecule has 0 saturated carbocycles. The Hall–Kier alpha value is -3.40. The van der Waals surface area contributed by atoms with Crippen molar-refractivity contribution >= 4 is 23.5 Å². The minimum atomic E-state index is -1.04. The number of aromatic nitrogens is 2. The van der Waals surface area contributed by atoms with Crippen molar-refractivity contribution in [2.45, 2.75) is 39.0 Å². The fourth-order valence-electron chi connectivity index (χ4n) is 4.14. The van der Waals surface area contributed by atoms with Crippen LogP contribution in [0.25, 0.3) is 11.3 Å². The molecule has 1 fully saturated rings. The van der Waals surface area contributed by atoms with Crippen molar-refractivity contribution in [2.24, 2.45) is 13.0 Å². The summed E-state index contributed by atoms with van der Waals surface area (Å²) in [4.78, 5) is 37.1. The number of nitrogens with zero attached hydrogens (tertiary/aromatic N) is 3. The quantitative estimate of drug-likeness (QED) is 0.422. The molecule has 190 valence electrons. The molecule has 1 aliphatic heterocycles. The lowest BCUT2D eigenvalue weighted by Gasteiger charge is -2.31. The first-order valence-electron chi connectivity index (χ1n) is 12.1. The van der Waals surface area contributed by atoms with Crippen LogP contribution in [0.5, 0.6) is 5.75 Å². The van der Waals surface area contributed by atoms with E-state index < -0.39 is 5.97 Å². The molecule has 2 amide bonds. The van der Waals surface area contributed by atoms with E-state index in [9.17, 15) is 14.4 Å². The summed E-state index contributed by atoms with van der Waals surface area (Å²) in [7, 11) is 1.86. The molecule has 10 nitrogen and oxygen atoms in total. The molecule has 0 atom stereocenters. The second-order valence-corrected chi connectivity index (χ2v) is 8.78. The number of hydrogen-bond acceptors (Lipinski definition) is 6. The maximum atomic E-state index is 12.2. The number of hydrogen-bond donors (Lipinski definition) is 3. The average Bonchev–Trinajstić information content (AvgIpc) is 3.28. The third-order valence-corrected chi connectivity index (χ3v) is 6.15. The number of aryl methyl sites for hydroxylation is 1. The molecular weight excluding hydrogens is 450 g/mol. The highest BCUT2D eigenvalue weighted by Gasteiger charge is 2.25. The number of likely N-dealkylation sites (tertiary alicyclic amines) is 1. The number of carbonyl (C=O) groups is 3. The van der Waals surface area contributed by atoms with E-state index in [1.165, 1.54) is 0 Å². The number of piperidine rings is 1. The first-order chi connectivity index (χ1) is 16.9. The van der Waals surface area contributed by atoms with Crippen molar-refractivity contribution in [1.29, 1.82) is 0 Å². The summed E-state index contributed by atoms with van der Waals surface area (Å²) in [5, 5.41) is 18.4. The Morgan fingerprint density at radius 3 is 2.63 bits per heavy atom. The van der Waals surface area contributed by atoms with E-state index in [0.717, 1.165) is 42.9 Å². The van der Waals surface area contributed by atoms with Gasteiger partial charge in [0.1, 0.15) is 18.9 Å². The van der Waals surface area contributed by atoms with Crippen molar-refractivity contribution in [3.63, 3.8) is 0 Å². The highest BCUT2D eigenvalue weighted by molar-refractivity contribution is 5.91. The number of unbranched alkanes of at least 4 members (excludes halogenated alkanes) is 1. The molecule has 1 saturated heterocycles. The molecular formula is C25H35N5O5. The summed E-state index contributed by atoms with van der Waals surface area (Å²) in [6.45, 7) is 4.42. The summed E-state index contributed by atoms with van der Waals surface area (Å²) < 4.78 is 7.91. The fourth-order valence-corrected chi connectivity index (χ4v) is 4.14. The smallest absolute Gasteiger partial charge is 0.322 e. The van der Waals surface area contributed by atoms with Gasteiger partial charge in [0.15, 0.2) is 0 Å².